The van der Waals surface area contributed by atoms with Crippen molar-refractivity contribution < 1.29 is 5.11 Å². The van der Waals surface area contributed by atoms with E-state index in [-0.39, 0.29) is 11.4 Å². The van der Waals surface area contributed by atoms with Gasteiger partial charge in [0.1, 0.15) is 11.6 Å². The zero-order valence-corrected chi connectivity index (χ0v) is 14.7. The van der Waals surface area contributed by atoms with Gasteiger partial charge in [-0.05, 0) is 79.5 Å². The van der Waals surface area contributed by atoms with Crippen LogP contribution in [0.3, 0.4) is 0 Å². The number of hydrogen-bond donors (Lipinski definition) is 1. The summed E-state index contributed by atoms with van der Waals surface area (Å²) in [6, 6.07) is 10.3. The number of aromatic hydroxyl groups is 1. The molecule has 126 valence electrons. The summed E-state index contributed by atoms with van der Waals surface area (Å²) < 4.78 is 0. The molecule has 1 N–H and O–H groups in total. The lowest BCUT2D eigenvalue weighted by Crippen LogP contribution is -2.05. The van der Waals surface area contributed by atoms with Crippen molar-refractivity contribution in [2.24, 2.45) is 0 Å². The van der Waals surface area contributed by atoms with E-state index in [9.17, 15) is 5.11 Å². The minimum absolute atomic E-state index is 0.205. The Balaban J connectivity index is 2.12. The lowest BCUT2D eigenvalue weighted by atomic mass is 9.85. The first-order valence-electron chi connectivity index (χ1n) is 8.70. The zero-order chi connectivity index (χ0) is 17.8. The van der Waals surface area contributed by atoms with Crippen LogP contribution >= 0.6 is 0 Å². The van der Waals surface area contributed by atoms with Crippen molar-refractivity contribution >= 4 is 11.6 Å². The Kier molecular flexibility index (Phi) is 5.00. The summed E-state index contributed by atoms with van der Waals surface area (Å²) in [6.45, 7) is 3.81. The highest BCUT2D eigenvalue weighted by Crippen LogP contribution is 2.31. The van der Waals surface area contributed by atoms with Gasteiger partial charge in [-0.2, -0.15) is 5.26 Å². The minimum Gasteiger partial charge on any atom is -0.492 e. The van der Waals surface area contributed by atoms with Gasteiger partial charge < -0.3 is 5.11 Å². The number of allylic oxidation sites excluding steroid dienone is 3. The fraction of sp³-hybridized carbons (Fsp3) is 0.273. The number of hydrogen-bond acceptors (Lipinski definition) is 3. The minimum atomic E-state index is -0.205. The summed E-state index contributed by atoms with van der Waals surface area (Å²) in [5, 5.41) is 19.1. The largest absolute Gasteiger partial charge is 0.492 e. The number of nitrogens with zero attached hydrogens (tertiary/aromatic N) is 2. The number of nitriles is 1. The number of fused-ring (bicyclic) bond motifs is 1. The normalized spacial score (nSPS) is 14.4. The molecule has 0 spiro atoms. The molecule has 0 saturated heterocycles. The summed E-state index contributed by atoms with van der Waals surface area (Å²) in [4.78, 5) is 4.19. The highest BCUT2D eigenvalue weighted by atomic mass is 16.3. The average molecular weight is 330 g/mol. The molecule has 1 heterocycles. The van der Waals surface area contributed by atoms with E-state index >= 15 is 0 Å². The predicted octanol–water partition coefficient (Wildman–Crippen LogP) is 4.96. The van der Waals surface area contributed by atoms with Gasteiger partial charge in [-0.25, -0.2) is 4.98 Å². The van der Waals surface area contributed by atoms with Gasteiger partial charge >= 0.3 is 0 Å². The van der Waals surface area contributed by atoms with E-state index in [1.54, 1.807) is 0 Å². The molecule has 0 radical (unpaired) electrons. The summed E-state index contributed by atoms with van der Waals surface area (Å²) >= 11 is 0. The molecule has 2 aromatic rings. The Bertz CT molecular complexity index is 878. The van der Waals surface area contributed by atoms with Crippen molar-refractivity contribution in [1.29, 1.82) is 5.26 Å². The van der Waals surface area contributed by atoms with Crippen molar-refractivity contribution in [3.63, 3.8) is 0 Å². The van der Waals surface area contributed by atoms with Gasteiger partial charge in [0, 0.05) is 0 Å². The van der Waals surface area contributed by atoms with Crippen molar-refractivity contribution in [3.8, 4) is 11.9 Å². The molecule has 1 aromatic heterocycles. The Morgan fingerprint density at radius 2 is 2.08 bits per heavy atom. The Morgan fingerprint density at radius 1 is 1.28 bits per heavy atom. The number of aryl methyl sites for hydroxylation is 2. The van der Waals surface area contributed by atoms with E-state index in [1.807, 2.05) is 38.1 Å². The van der Waals surface area contributed by atoms with Gasteiger partial charge in [-0.3, -0.25) is 0 Å². The Labute approximate surface area is 149 Å². The van der Waals surface area contributed by atoms with Crippen molar-refractivity contribution in [1.82, 2.24) is 4.98 Å². The molecule has 3 heteroatoms. The molecule has 3 rings (SSSR count). The number of benzene rings is 1. The zero-order valence-electron chi connectivity index (χ0n) is 14.7. The highest BCUT2D eigenvalue weighted by molar-refractivity contribution is 5.88. The third-order valence-corrected chi connectivity index (χ3v) is 4.69. The molecule has 0 unspecified atom stereocenters. The second kappa shape index (κ2) is 7.36. The van der Waals surface area contributed by atoms with E-state index in [1.165, 1.54) is 29.5 Å². The topological polar surface area (TPSA) is 56.9 Å². The predicted molar refractivity (Wildman–Crippen MR) is 101 cm³/mol. The molecular formula is C22H22N2O. The maximum absolute atomic E-state index is 10.00. The lowest BCUT2D eigenvalue weighted by Gasteiger charge is -2.20. The summed E-state index contributed by atoms with van der Waals surface area (Å²) in [6.07, 6.45) is 10.8. The van der Waals surface area contributed by atoms with Crippen LogP contribution in [-0.4, -0.2) is 10.1 Å². The molecule has 0 aliphatic heterocycles. The molecule has 0 atom stereocenters. The molecule has 25 heavy (non-hydrogen) atoms. The molecule has 1 aliphatic carbocycles. The first-order chi connectivity index (χ1) is 12.1. The van der Waals surface area contributed by atoms with Crippen molar-refractivity contribution in [2.45, 2.75) is 39.5 Å². The fourth-order valence-electron chi connectivity index (χ4n) is 3.50. The van der Waals surface area contributed by atoms with Crippen molar-refractivity contribution in [2.75, 3.05) is 0 Å². The van der Waals surface area contributed by atoms with Crippen LogP contribution in [0.1, 0.15) is 53.3 Å². The molecule has 0 saturated carbocycles. The quantitative estimate of drug-likeness (QED) is 0.809. The third kappa shape index (κ3) is 3.49. The number of pyridine rings is 1. The van der Waals surface area contributed by atoms with Crippen LogP contribution in [0.15, 0.2) is 36.4 Å². The van der Waals surface area contributed by atoms with Gasteiger partial charge in [0.2, 0.25) is 5.88 Å². The van der Waals surface area contributed by atoms with Gasteiger partial charge in [-0.15, -0.1) is 0 Å². The highest BCUT2D eigenvalue weighted by Gasteiger charge is 2.15. The second-order valence-corrected chi connectivity index (χ2v) is 6.42. The molecule has 0 amide bonds. The van der Waals surface area contributed by atoms with Crippen LogP contribution in [0.25, 0.3) is 11.6 Å². The van der Waals surface area contributed by atoms with Gasteiger partial charge in [0.05, 0.1) is 5.69 Å². The molecule has 1 aliphatic rings. The molecule has 1 aromatic carbocycles. The van der Waals surface area contributed by atoms with Crippen molar-refractivity contribution in [3.05, 3.63) is 69.9 Å². The van der Waals surface area contributed by atoms with Crippen LogP contribution in [0.5, 0.6) is 5.88 Å². The van der Waals surface area contributed by atoms with Gasteiger partial charge in [-0.1, -0.05) is 30.4 Å². The van der Waals surface area contributed by atoms with Crippen LogP contribution in [0, 0.1) is 18.3 Å². The third-order valence-electron chi connectivity index (χ3n) is 4.69. The fourth-order valence-corrected chi connectivity index (χ4v) is 3.50. The Morgan fingerprint density at radius 3 is 2.80 bits per heavy atom. The maximum atomic E-state index is 10.00. The summed E-state index contributed by atoms with van der Waals surface area (Å²) in [5.74, 6) is -0.205. The van der Waals surface area contributed by atoms with E-state index in [0.29, 0.717) is 5.69 Å². The maximum Gasteiger partial charge on any atom is 0.230 e. The SMILES string of the molecule is C/C=C\C(=C/c1cc(C)c(C#N)c(O)n1)c1cccc2c1CCCC2. The second-order valence-electron chi connectivity index (χ2n) is 6.42. The van der Waals surface area contributed by atoms with Crippen LogP contribution in [0.4, 0.5) is 0 Å². The van der Waals surface area contributed by atoms with Gasteiger partial charge in [0.15, 0.2) is 0 Å². The molecule has 0 fully saturated rings. The van der Waals surface area contributed by atoms with E-state index in [2.05, 4.69) is 29.3 Å². The number of aromatic nitrogens is 1. The molecular weight excluding hydrogens is 308 g/mol. The lowest BCUT2D eigenvalue weighted by molar-refractivity contribution is 0.450. The first kappa shape index (κ1) is 17.0. The molecule has 3 nitrogen and oxygen atoms in total. The monoisotopic (exact) mass is 330 g/mol. The first-order valence-corrected chi connectivity index (χ1v) is 8.70. The average Bonchev–Trinajstić information content (AvgIpc) is 2.61. The smallest absolute Gasteiger partial charge is 0.230 e. The van der Waals surface area contributed by atoms with Crippen LogP contribution < -0.4 is 0 Å². The van der Waals surface area contributed by atoms with E-state index in [0.717, 1.165) is 24.0 Å². The standard InChI is InChI=1S/C22H22N2O/c1-3-7-17(13-18-12-15(2)21(14-23)22(25)24-18)20-11-6-9-16-8-4-5-10-19(16)20/h3,6-7,9,11-13H,4-5,8,10H2,1-2H3,(H,24,25)/b7-3-,17-13+. The van der Waals surface area contributed by atoms with Crippen LogP contribution in [0.2, 0.25) is 0 Å². The Hall–Kier alpha value is -2.86. The van der Waals surface area contributed by atoms with E-state index in [4.69, 9.17) is 5.26 Å². The van der Waals surface area contributed by atoms with E-state index < -0.39 is 0 Å². The van der Waals surface area contributed by atoms with Crippen LogP contribution in [-0.2, 0) is 12.8 Å². The summed E-state index contributed by atoms with van der Waals surface area (Å²) in [7, 11) is 0. The molecule has 0 bridgehead atoms. The summed E-state index contributed by atoms with van der Waals surface area (Å²) in [5.41, 5.74) is 6.81. The van der Waals surface area contributed by atoms with Gasteiger partial charge in [0.25, 0.3) is 0 Å². The number of rotatable bonds is 3.